The standard InChI is InChI=1S/C12H20N2O.ClH/c1-11(13)10-14(2)8-9-15-12-6-4-3-5-7-12;/h3-7,11H,8-10,13H2,1-2H3;1H. The van der Waals surface area contributed by atoms with Gasteiger partial charge < -0.3 is 15.4 Å². The first-order valence-corrected chi connectivity index (χ1v) is 5.30. The predicted molar refractivity (Wildman–Crippen MR) is 70.3 cm³/mol. The minimum Gasteiger partial charge on any atom is -0.492 e. The van der Waals surface area contributed by atoms with Gasteiger partial charge in [0, 0.05) is 19.1 Å². The summed E-state index contributed by atoms with van der Waals surface area (Å²) in [5.74, 6) is 0.923. The van der Waals surface area contributed by atoms with Gasteiger partial charge in [0.2, 0.25) is 0 Å². The summed E-state index contributed by atoms with van der Waals surface area (Å²) in [6, 6.07) is 10.1. The van der Waals surface area contributed by atoms with Crippen LogP contribution in [0.4, 0.5) is 0 Å². The van der Waals surface area contributed by atoms with Gasteiger partial charge in [0.1, 0.15) is 12.4 Å². The first-order chi connectivity index (χ1) is 7.18. The van der Waals surface area contributed by atoms with Crippen molar-refractivity contribution < 1.29 is 4.74 Å². The third-order valence-corrected chi connectivity index (χ3v) is 2.08. The van der Waals surface area contributed by atoms with Crippen LogP contribution >= 0.6 is 12.4 Å². The highest BCUT2D eigenvalue weighted by Gasteiger charge is 2.01. The zero-order chi connectivity index (χ0) is 11.1. The fourth-order valence-corrected chi connectivity index (χ4v) is 1.42. The largest absolute Gasteiger partial charge is 0.492 e. The highest BCUT2D eigenvalue weighted by Crippen LogP contribution is 2.07. The number of hydrogen-bond donors (Lipinski definition) is 1. The van der Waals surface area contributed by atoms with E-state index in [1.54, 1.807) is 0 Å². The van der Waals surface area contributed by atoms with Gasteiger partial charge in [-0.05, 0) is 26.1 Å². The molecule has 0 aliphatic rings. The second-order valence-electron chi connectivity index (χ2n) is 3.90. The van der Waals surface area contributed by atoms with E-state index in [1.807, 2.05) is 37.3 Å². The molecule has 1 rings (SSSR count). The molecule has 1 aromatic carbocycles. The minimum atomic E-state index is 0. The molecule has 1 aromatic rings. The smallest absolute Gasteiger partial charge is 0.119 e. The van der Waals surface area contributed by atoms with Crippen LogP contribution in [0.2, 0.25) is 0 Å². The number of rotatable bonds is 6. The number of halogens is 1. The number of nitrogens with two attached hydrogens (primary N) is 1. The summed E-state index contributed by atoms with van der Waals surface area (Å²) in [7, 11) is 2.05. The van der Waals surface area contributed by atoms with E-state index in [0.29, 0.717) is 6.61 Å². The van der Waals surface area contributed by atoms with Crippen LogP contribution in [-0.2, 0) is 0 Å². The highest BCUT2D eigenvalue weighted by molar-refractivity contribution is 5.85. The monoisotopic (exact) mass is 244 g/mol. The van der Waals surface area contributed by atoms with E-state index in [0.717, 1.165) is 18.8 Å². The second kappa shape index (κ2) is 8.39. The Kier molecular flexibility index (Phi) is 7.99. The van der Waals surface area contributed by atoms with Gasteiger partial charge in [-0.3, -0.25) is 0 Å². The Balaban J connectivity index is 0.00000225. The van der Waals surface area contributed by atoms with E-state index in [9.17, 15) is 0 Å². The van der Waals surface area contributed by atoms with Crippen LogP contribution in [0.15, 0.2) is 30.3 Å². The second-order valence-corrected chi connectivity index (χ2v) is 3.90. The summed E-state index contributed by atoms with van der Waals surface area (Å²) in [6.45, 7) is 4.51. The van der Waals surface area contributed by atoms with Crippen LogP contribution in [0.1, 0.15) is 6.92 Å². The lowest BCUT2D eigenvalue weighted by atomic mass is 10.3. The molecule has 0 fully saturated rings. The molecule has 3 nitrogen and oxygen atoms in total. The molecule has 1 unspecified atom stereocenters. The van der Waals surface area contributed by atoms with E-state index < -0.39 is 0 Å². The van der Waals surface area contributed by atoms with E-state index in [2.05, 4.69) is 11.9 Å². The molecule has 2 N–H and O–H groups in total. The number of benzene rings is 1. The Morgan fingerprint density at radius 3 is 2.50 bits per heavy atom. The summed E-state index contributed by atoms with van der Waals surface area (Å²) < 4.78 is 5.58. The van der Waals surface area contributed by atoms with E-state index in [-0.39, 0.29) is 18.4 Å². The van der Waals surface area contributed by atoms with Crippen molar-refractivity contribution in [2.75, 3.05) is 26.7 Å². The summed E-state index contributed by atoms with van der Waals surface area (Å²) in [4.78, 5) is 2.17. The average Bonchev–Trinajstić information content (AvgIpc) is 2.18. The fraction of sp³-hybridized carbons (Fsp3) is 0.500. The molecule has 4 heteroatoms. The Bertz CT molecular complexity index is 267. The fourth-order valence-electron chi connectivity index (χ4n) is 1.42. The Labute approximate surface area is 104 Å². The van der Waals surface area contributed by atoms with Crippen molar-refractivity contribution in [2.45, 2.75) is 13.0 Å². The van der Waals surface area contributed by atoms with Crippen LogP contribution in [0, 0.1) is 0 Å². The van der Waals surface area contributed by atoms with Crippen molar-refractivity contribution >= 4 is 12.4 Å². The molecule has 0 aromatic heterocycles. The lowest BCUT2D eigenvalue weighted by molar-refractivity contribution is 0.231. The van der Waals surface area contributed by atoms with Crippen molar-refractivity contribution in [3.63, 3.8) is 0 Å². The maximum Gasteiger partial charge on any atom is 0.119 e. The number of likely N-dealkylation sites (N-methyl/N-ethyl adjacent to an activating group) is 1. The molecular weight excluding hydrogens is 224 g/mol. The third kappa shape index (κ3) is 6.67. The molecule has 0 aliphatic heterocycles. The van der Waals surface area contributed by atoms with Gasteiger partial charge in [0.25, 0.3) is 0 Å². The van der Waals surface area contributed by atoms with Crippen molar-refractivity contribution in [1.29, 1.82) is 0 Å². The first kappa shape index (κ1) is 15.2. The average molecular weight is 245 g/mol. The predicted octanol–water partition coefficient (Wildman–Crippen LogP) is 1.77. The quantitative estimate of drug-likeness (QED) is 0.829. The summed E-state index contributed by atoms with van der Waals surface area (Å²) >= 11 is 0. The van der Waals surface area contributed by atoms with Gasteiger partial charge in [-0.2, -0.15) is 0 Å². The molecule has 0 saturated heterocycles. The lowest BCUT2D eigenvalue weighted by Gasteiger charge is -2.18. The molecule has 0 bridgehead atoms. The number of para-hydroxylation sites is 1. The molecule has 0 aliphatic carbocycles. The Morgan fingerprint density at radius 1 is 1.31 bits per heavy atom. The van der Waals surface area contributed by atoms with Crippen LogP contribution in [-0.4, -0.2) is 37.7 Å². The normalized spacial score (nSPS) is 12.0. The topological polar surface area (TPSA) is 38.5 Å². The van der Waals surface area contributed by atoms with E-state index in [1.165, 1.54) is 0 Å². The van der Waals surface area contributed by atoms with Crippen LogP contribution in [0.25, 0.3) is 0 Å². The number of nitrogens with zero attached hydrogens (tertiary/aromatic N) is 1. The zero-order valence-electron chi connectivity index (χ0n) is 9.93. The van der Waals surface area contributed by atoms with Gasteiger partial charge in [-0.25, -0.2) is 0 Å². The highest BCUT2D eigenvalue weighted by atomic mass is 35.5. The molecule has 0 amide bonds. The first-order valence-electron chi connectivity index (χ1n) is 5.30. The minimum absolute atomic E-state index is 0. The SMILES string of the molecule is CC(N)CN(C)CCOc1ccccc1.Cl. The van der Waals surface area contributed by atoms with Gasteiger partial charge in [-0.15, -0.1) is 12.4 Å². The van der Waals surface area contributed by atoms with Crippen molar-refractivity contribution in [3.8, 4) is 5.75 Å². The molecule has 0 spiro atoms. The van der Waals surface area contributed by atoms with Crippen molar-refractivity contribution in [2.24, 2.45) is 5.73 Å². The van der Waals surface area contributed by atoms with Crippen LogP contribution < -0.4 is 10.5 Å². The summed E-state index contributed by atoms with van der Waals surface area (Å²) in [5.41, 5.74) is 5.69. The van der Waals surface area contributed by atoms with Gasteiger partial charge in [0.05, 0.1) is 0 Å². The maximum absolute atomic E-state index is 5.69. The molecular formula is C12H21ClN2O. The number of hydrogen-bond acceptors (Lipinski definition) is 3. The maximum atomic E-state index is 5.69. The molecule has 1 atom stereocenters. The van der Waals surface area contributed by atoms with Gasteiger partial charge in [-0.1, -0.05) is 18.2 Å². The van der Waals surface area contributed by atoms with Gasteiger partial charge in [0.15, 0.2) is 0 Å². The lowest BCUT2D eigenvalue weighted by Crippen LogP contribution is -2.35. The molecule has 16 heavy (non-hydrogen) atoms. The van der Waals surface area contributed by atoms with E-state index >= 15 is 0 Å². The van der Waals surface area contributed by atoms with Crippen LogP contribution in [0.3, 0.4) is 0 Å². The molecule has 0 saturated carbocycles. The summed E-state index contributed by atoms with van der Waals surface area (Å²) in [5, 5.41) is 0. The van der Waals surface area contributed by atoms with Crippen molar-refractivity contribution in [3.05, 3.63) is 30.3 Å². The zero-order valence-corrected chi connectivity index (χ0v) is 10.7. The number of ether oxygens (including phenoxy) is 1. The third-order valence-electron chi connectivity index (χ3n) is 2.08. The Morgan fingerprint density at radius 2 is 1.94 bits per heavy atom. The van der Waals surface area contributed by atoms with Crippen LogP contribution in [0.5, 0.6) is 5.75 Å². The van der Waals surface area contributed by atoms with Crippen molar-refractivity contribution in [1.82, 2.24) is 4.90 Å². The summed E-state index contributed by atoms with van der Waals surface area (Å²) in [6.07, 6.45) is 0. The van der Waals surface area contributed by atoms with E-state index in [4.69, 9.17) is 10.5 Å². The molecule has 92 valence electrons. The molecule has 0 heterocycles. The molecule has 0 radical (unpaired) electrons. The Hall–Kier alpha value is -0.770. The van der Waals surface area contributed by atoms with Gasteiger partial charge >= 0.3 is 0 Å².